The zero-order valence-electron chi connectivity index (χ0n) is 7.00. The maximum atomic E-state index is 11.0. The summed E-state index contributed by atoms with van der Waals surface area (Å²) in [6, 6.07) is -0.239. The Bertz CT molecular complexity index is 247. The number of carbonyl (C=O) groups is 1. The normalized spacial score (nSPS) is 12.2. The molecule has 1 amide bonds. The third-order valence-electron chi connectivity index (χ3n) is 1.44. The maximum absolute atomic E-state index is 11.0. The number of thiazole rings is 1. The number of hydrogen-bond donors (Lipinski definition) is 2. The molecule has 1 heterocycles. The Morgan fingerprint density at radius 2 is 2.50 bits per heavy atom. The van der Waals surface area contributed by atoms with Gasteiger partial charge in [-0.1, -0.05) is 0 Å². The Morgan fingerprint density at radius 3 is 3.00 bits per heavy atom. The molecule has 5 heteroatoms. The second-order valence-corrected chi connectivity index (χ2v) is 3.07. The van der Waals surface area contributed by atoms with Gasteiger partial charge in [-0.3, -0.25) is 4.79 Å². The number of likely N-dealkylation sites (N-methyl/N-ethyl adjacent to an activating group) is 1. The fourth-order valence-electron chi connectivity index (χ4n) is 0.788. The quantitative estimate of drug-likeness (QED) is 0.728. The highest BCUT2D eigenvalue weighted by Gasteiger charge is 2.10. The maximum Gasteiger partial charge on any atom is 0.241 e. The van der Waals surface area contributed by atoms with Crippen molar-refractivity contribution in [3.05, 3.63) is 10.9 Å². The van der Waals surface area contributed by atoms with Crippen molar-refractivity contribution in [3.8, 4) is 0 Å². The molecule has 0 unspecified atom stereocenters. The van der Waals surface area contributed by atoms with Crippen LogP contribution in [0.25, 0.3) is 0 Å². The van der Waals surface area contributed by atoms with E-state index in [0.717, 1.165) is 5.82 Å². The number of amides is 1. The van der Waals surface area contributed by atoms with Crippen molar-refractivity contribution in [2.75, 3.05) is 12.4 Å². The van der Waals surface area contributed by atoms with Gasteiger partial charge in [0.2, 0.25) is 5.91 Å². The standard InChI is InChI=1S/C7H11N3OS/c1-5(7(11)8-2)10-6-3-12-4-9-6/h3-5,10H,1-2H3,(H,8,11)/t5-/m0/s1. The van der Waals surface area contributed by atoms with Gasteiger partial charge in [0.15, 0.2) is 0 Å². The lowest BCUT2D eigenvalue weighted by Crippen LogP contribution is -2.35. The van der Waals surface area contributed by atoms with Crippen molar-refractivity contribution in [1.82, 2.24) is 10.3 Å². The van der Waals surface area contributed by atoms with Gasteiger partial charge in [0.25, 0.3) is 0 Å². The first kappa shape index (κ1) is 8.99. The van der Waals surface area contributed by atoms with Crippen LogP contribution in [0.15, 0.2) is 10.9 Å². The predicted molar refractivity (Wildman–Crippen MR) is 49.3 cm³/mol. The molecule has 0 aliphatic heterocycles. The van der Waals surface area contributed by atoms with E-state index in [1.165, 1.54) is 11.3 Å². The molecular formula is C7H11N3OS. The number of carbonyl (C=O) groups excluding carboxylic acids is 1. The summed E-state index contributed by atoms with van der Waals surface area (Å²) in [5, 5.41) is 7.37. The van der Waals surface area contributed by atoms with Crippen molar-refractivity contribution in [1.29, 1.82) is 0 Å². The molecule has 0 spiro atoms. The predicted octanol–water partition coefficient (Wildman–Crippen LogP) is 0.689. The Kier molecular flexibility index (Phi) is 3.04. The van der Waals surface area contributed by atoms with E-state index in [0.29, 0.717) is 0 Å². The van der Waals surface area contributed by atoms with E-state index < -0.39 is 0 Å². The van der Waals surface area contributed by atoms with E-state index in [2.05, 4.69) is 15.6 Å². The molecule has 0 aliphatic rings. The van der Waals surface area contributed by atoms with Crippen LogP contribution >= 0.6 is 11.3 Å². The van der Waals surface area contributed by atoms with Crippen LogP contribution in [0.1, 0.15) is 6.92 Å². The number of rotatable bonds is 3. The Labute approximate surface area is 75.0 Å². The van der Waals surface area contributed by atoms with Crippen molar-refractivity contribution in [2.45, 2.75) is 13.0 Å². The Morgan fingerprint density at radius 1 is 1.75 bits per heavy atom. The second-order valence-electron chi connectivity index (χ2n) is 2.35. The SMILES string of the molecule is CNC(=O)[C@H](C)Nc1cscn1. The van der Waals surface area contributed by atoms with Crippen molar-refractivity contribution < 1.29 is 4.79 Å². The highest BCUT2D eigenvalue weighted by molar-refractivity contribution is 7.07. The highest BCUT2D eigenvalue weighted by atomic mass is 32.1. The summed E-state index contributed by atoms with van der Waals surface area (Å²) < 4.78 is 0. The van der Waals surface area contributed by atoms with Gasteiger partial charge in [0.05, 0.1) is 5.51 Å². The number of nitrogens with one attached hydrogen (secondary N) is 2. The van der Waals surface area contributed by atoms with Crippen LogP contribution in [0.4, 0.5) is 5.82 Å². The van der Waals surface area contributed by atoms with E-state index in [1.54, 1.807) is 19.5 Å². The lowest BCUT2D eigenvalue weighted by atomic mass is 10.3. The molecular weight excluding hydrogens is 174 g/mol. The summed E-state index contributed by atoms with van der Waals surface area (Å²) in [4.78, 5) is 15.0. The minimum absolute atomic E-state index is 0.0389. The fourth-order valence-corrected chi connectivity index (χ4v) is 1.28. The van der Waals surface area contributed by atoms with Crippen LogP contribution in [0.2, 0.25) is 0 Å². The molecule has 2 N–H and O–H groups in total. The van der Waals surface area contributed by atoms with Crippen LogP contribution in [0.3, 0.4) is 0 Å². The van der Waals surface area contributed by atoms with Gasteiger partial charge in [-0.2, -0.15) is 0 Å². The van der Waals surface area contributed by atoms with E-state index in [-0.39, 0.29) is 11.9 Å². The minimum atomic E-state index is -0.239. The lowest BCUT2D eigenvalue weighted by Gasteiger charge is -2.10. The van der Waals surface area contributed by atoms with E-state index >= 15 is 0 Å². The Hall–Kier alpha value is -1.10. The van der Waals surface area contributed by atoms with Crippen LogP contribution in [-0.2, 0) is 4.79 Å². The molecule has 0 bridgehead atoms. The van der Waals surface area contributed by atoms with Gasteiger partial charge < -0.3 is 10.6 Å². The van der Waals surface area contributed by atoms with Crippen LogP contribution < -0.4 is 10.6 Å². The summed E-state index contributed by atoms with van der Waals surface area (Å²) in [6.07, 6.45) is 0. The monoisotopic (exact) mass is 185 g/mol. The zero-order valence-corrected chi connectivity index (χ0v) is 7.81. The van der Waals surface area contributed by atoms with Crippen LogP contribution in [0.5, 0.6) is 0 Å². The average Bonchev–Trinajstić information content (AvgIpc) is 2.55. The van der Waals surface area contributed by atoms with E-state index in [9.17, 15) is 4.79 Å². The third kappa shape index (κ3) is 2.20. The molecule has 12 heavy (non-hydrogen) atoms. The lowest BCUT2D eigenvalue weighted by molar-refractivity contribution is -0.121. The summed E-state index contributed by atoms with van der Waals surface area (Å²) >= 11 is 1.50. The molecule has 0 fully saturated rings. The molecule has 66 valence electrons. The molecule has 0 aliphatic carbocycles. The second kappa shape index (κ2) is 4.06. The smallest absolute Gasteiger partial charge is 0.241 e. The van der Waals surface area contributed by atoms with Gasteiger partial charge in [0, 0.05) is 12.4 Å². The van der Waals surface area contributed by atoms with Gasteiger partial charge in [-0.15, -0.1) is 11.3 Å². The molecule has 0 saturated heterocycles. The number of hydrogen-bond acceptors (Lipinski definition) is 4. The molecule has 1 atom stereocenters. The summed E-state index contributed by atoms with van der Waals surface area (Å²) in [7, 11) is 1.61. The molecule has 1 aromatic heterocycles. The molecule has 1 aromatic rings. The largest absolute Gasteiger partial charge is 0.358 e. The Balaban J connectivity index is 2.47. The van der Waals surface area contributed by atoms with Gasteiger partial charge in [0.1, 0.15) is 11.9 Å². The van der Waals surface area contributed by atoms with Gasteiger partial charge >= 0.3 is 0 Å². The number of anilines is 1. The number of nitrogens with zero attached hydrogens (tertiary/aromatic N) is 1. The van der Waals surface area contributed by atoms with Crippen molar-refractivity contribution in [2.24, 2.45) is 0 Å². The van der Waals surface area contributed by atoms with Gasteiger partial charge in [-0.05, 0) is 6.92 Å². The van der Waals surface area contributed by atoms with E-state index in [4.69, 9.17) is 0 Å². The molecule has 0 saturated carbocycles. The van der Waals surface area contributed by atoms with Gasteiger partial charge in [-0.25, -0.2) is 4.98 Å². The first-order valence-electron chi connectivity index (χ1n) is 3.60. The molecule has 4 nitrogen and oxygen atoms in total. The zero-order chi connectivity index (χ0) is 8.97. The first-order valence-corrected chi connectivity index (χ1v) is 4.54. The summed E-state index contributed by atoms with van der Waals surface area (Å²) in [5.41, 5.74) is 1.72. The first-order chi connectivity index (χ1) is 5.74. The third-order valence-corrected chi connectivity index (χ3v) is 2.02. The average molecular weight is 185 g/mol. The van der Waals surface area contributed by atoms with Crippen molar-refractivity contribution in [3.63, 3.8) is 0 Å². The molecule has 0 radical (unpaired) electrons. The minimum Gasteiger partial charge on any atom is -0.358 e. The molecule has 1 rings (SSSR count). The topological polar surface area (TPSA) is 54.0 Å². The molecule has 0 aromatic carbocycles. The van der Waals surface area contributed by atoms with Crippen molar-refractivity contribution >= 4 is 23.1 Å². The summed E-state index contributed by atoms with van der Waals surface area (Å²) in [6.45, 7) is 1.79. The summed E-state index contributed by atoms with van der Waals surface area (Å²) in [5.74, 6) is 0.708. The highest BCUT2D eigenvalue weighted by Crippen LogP contribution is 2.07. The van der Waals surface area contributed by atoms with Crippen LogP contribution in [-0.4, -0.2) is 24.0 Å². The number of aromatic nitrogens is 1. The van der Waals surface area contributed by atoms with Crippen LogP contribution in [0, 0.1) is 0 Å². The van der Waals surface area contributed by atoms with E-state index in [1.807, 2.05) is 5.38 Å². The fraction of sp³-hybridized carbons (Fsp3) is 0.429.